The average Bonchev–Trinajstić information content (AvgIpc) is 2.54. The van der Waals surface area contributed by atoms with E-state index in [9.17, 15) is 4.79 Å². The van der Waals surface area contributed by atoms with E-state index in [-0.39, 0.29) is 11.9 Å². The average molecular weight is 312 g/mol. The highest BCUT2D eigenvalue weighted by Crippen LogP contribution is 2.11. The monoisotopic (exact) mass is 312 g/mol. The lowest BCUT2D eigenvalue weighted by Gasteiger charge is -2.11. The maximum atomic E-state index is 11.0. The van der Waals surface area contributed by atoms with Gasteiger partial charge in [0.05, 0.1) is 6.04 Å². The van der Waals surface area contributed by atoms with Crippen molar-refractivity contribution in [3.05, 3.63) is 71.3 Å². The summed E-state index contributed by atoms with van der Waals surface area (Å²) < 4.78 is 0. The fraction of sp³-hybridized carbons (Fsp3) is 0.222. The molecule has 0 spiro atoms. The number of carbonyl (C=O) groups excluding carboxylic acids is 1. The van der Waals surface area contributed by atoms with Crippen molar-refractivity contribution in [3.8, 4) is 0 Å². The number of nitrogens with two attached hydrogens (primary N) is 1. The van der Waals surface area contributed by atoms with Crippen molar-refractivity contribution in [2.75, 3.05) is 6.54 Å². The summed E-state index contributed by atoms with van der Waals surface area (Å²) in [7, 11) is 0. The number of nitrogens with one attached hydrogen (secondary N) is 1. The number of benzene rings is 2. The summed E-state index contributed by atoms with van der Waals surface area (Å²) in [6.07, 6.45) is 0.908. The maximum absolute atomic E-state index is 11.0. The van der Waals surface area contributed by atoms with Crippen LogP contribution in [0.25, 0.3) is 0 Å². The highest BCUT2D eigenvalue weighted by molar-refractivity contribution is 7.80. The van der Waals surface area contributed by atoms with Crippen LogP contribution in [0.15, 0.2) is 54.6 Å². The minimum Gasteiger partial charge on any atom is -0.368 e. The summed E-state index contributed by atoms with van der Waals surface area (Å²) in [5, 5.41) is 3.02. The lowest BCUT2D eigenvalue weighted by atomic mass is 10.0. The molecule has 0 aliphatic rings. The second-order valence-electron chi connectivity index (χ2n) is 5.29. The first-order chi connectivity index (χ1) is 10.6. The van der Waals surface area contributed by atoms with Gasteiger partial charge in [-0.2, -0.15) is 0 Å². The van der Waals surface area contributed by atoms with Crippen LogP contribution >= 0.6 is 12.2 Å². The second kappa shape index (κ2) is 7.82. The molecular weight excluding hydrogens is 292 g/mol. The molecule has 0 radical (unpaired) electrons. The lowest BCUT2D eigenvalue weighted by molar-refractivity contribution is -0.119. The van der Waals surface area contributed by atoms with Gasteiger partial charge in [-0.25, -0.2) is 0 Å². The zero-order valence-electron chi connectivity index (χ0n) is 12.6. The number of amides is 1. The second-order valence-corrected chi connectivity index (χ2v) is 5.78. The van der Waals surface area contributed by atoms with Gasteiger partial charge in [0.15, 0.2) is 0 Å². The predicted octanol–water partition coefficient (Wildman–Crippen LogP) is 2.46. The minimum absolute atomic E-state index is 0.374. The van der Waals surface area contributed by atoms with Gasteiger partial charge < -0.3 is 11.1 Å². The molecule has 0 fully saturated rings. The maximum Gasteiger partial charge on any atom is 0.234 e. The molecule has 0 aliphatic heterocycles. The Hall–Kier alpha value is -2.04. The Morgan fingerprint density at radius 3 is 2.27 bits per heavy atom. The first-order valence-electron chi connectivity index (χ1n) is 7.25. The topological polar surface area (TPSA) is 55.1 Å². The SMILES string of the molecule is C[C@H](NCC(=S)c1ccc(Cc2ccccc2)cc1)C(N)=O. The van der Waals surface area contributed by atoms with Crippen molar-refractivity contribution in [3.63, 3.8) is 0 Å². The van der Waals surface area contributed by atoms with Gasteiger partial charge >= 0.3 is 0 Å². The van der Waals surface area contributed by atoms with Crippen molar-refractivity contribution in [2.45, 2.75) is 19.4 Å². The summed E-state index contributed by atoms with van der Waals surface area (Å²) in [5.41, 5.74) is 8.74. The van der Waals surface area contributed by atoms with E-state index in [2.05, 4.69) is 29.6 Å². The molecule has 2 aromatic rings. The zero-order valence-corrected chi connectivity index (χ0v) is 13.4. The minimum atomic E-state index is -0.379. The largest absolute Gasteiger partial charge is 0.368 e. The first-order valence-corrected chi connectivity index (χ1v) is 7.66. The van der Waals surface area contributed by atoms with E-state index in [1.807, 2.05) is 30.3 Å². The van der Waals surface area contributed by atoms with Crippen LogP contribution in [-0.2, 0) is 11.2 Å². The van der Waals surface area contributed by atoms with Crippen molar-refractivity contribution < 1.29 is 4.79 Å². The molecule has 1 amide bonds. The summed E-state index contributed by atoms with van der Waals surface area (Å²) in [4.78, 5) is 11.8. The third-order valence-corrected chi connectivity index (χ3v) is 3.90. The van der Waals surface area contributed by atoms with Crippen molar-refractivity contribution in [2.24, 2.45) is 5.73 Å². The number of hydrogen-bond donors (Lipinski definition) is 2. The summed E-state index contributed by atoms with van der Waals surface area (Å²) >= 11 is 5.38. The van der Waals surface area contributed by atoms with E-state index in [4.69, 9.17) is 18.0 Å². The molecule has 0 heterocycles. The van der Waals surface area contributed by atoms with Crippen LogP contribution in [0.1, 0.15) is 23.6 Å². The summed E-state index contributed by atoms with van der Waals surface area (Å²) in [5.74, 6) is -0.374. The van der Waals surface area contributed by atoms with Crippen LogP contribution in [0.5, 0.6) is 0 Å². The quantitative estimate of drug-likeness (QED) is 0.610. The van der Waals surface area contributed by atoms with E-state index >= 15 is 0 Å². The molecule has 0 bridgehead atoms. The third kappa shape index (κ3) is 4.76. The van der Waals surface area contributed by atoms with Gasteiger partial charge in [-0.15, -0.1) is 0 Å². The zero-order chi connectivity index (χ0) is 15.9. The number of primary amides is 1. The van der Waals surface area contributed by atoms with E-state index in [1.165, 1.54) is 11.1 Å². The normalized spacial score (nSPS) is 11.9. The smallest absolute Gasteiger partial charge is 0.234 e. The Balaban J connectivity index is 1.94. The van der Waals surface area contributed by atoms with Gasteiger partial charge in [0.1, 0.15) is 0 Å². The van der Waals surface area contributed by atoms with Crippen molar-refractivity contribution >= 4 is 23.0 Å². The Morgan fingerprint density at radius 2 is 1.68 bits per heavy atom. The molecule has 0 unspecified atom stereocenters. The number of carbonyl (C=O) groups is 1. The van der Waals surface area contributed by atoms with Gasteiger partial charge in [-0.1, -0.05) is 66.8 Å². The van der Waals surface area contributed by atoms with Gasteiger partial charge in [-0.3, -0.25) is 4.79 Å². The predicted molar refractivity (Wildman–Crippen MR) is 94.0 cm³/mol. The molecule has 1 atom stereocenters. The van der Waals surface area contributed by atoms with E-state index < -0.39 is 0 Å². The van der Waals surface area contributed by atoms with E-state index in [0.29, 0.717) is 6.54 Å². The number of rotatable bonds is 7. The number of hydrogen-bond acceptors (Lipinski definition) is 3. The van der Waals surface area contributed by atoms with Crippen LogP contribution < -0.4 is 11.1 Å². The van der Waals surface area contributed by atoms with E-state index in [0.717, 1.165) is 16.8 Å². The van der Waals surface area contributed by atoms with Crippen LogP contribution in [0.2, 0.25) is 0 Å². The van der Waals surface area contributed by atoms with Crippen LogP contribution in [0, 0.1) is 0 Å². The molecule has 2 aromatic carbocycles. The van der Waals surface area contributed by atoms with Crippen LogP contribution in [0.4, 0.5) is 0 Å². The number of thiocarbonyl (C=S) groups is 1. The molecule has 2 rings (SSSR count). The highest BCUT2D eigenvalue weighted by Gasteiger charge is 2.09. The lowest BCUT2D eigenvalue weighted by Crippen LogP contribution is -2.41. The molecule has 0 saturated heterocycles. The van der Waals surface area contributed by atoms with Gasteiger partial charge in [0.25, 0.3) is 0 Å². The molecule has 0 saturated carbocycles. The third-order valence-electron chi connectivity index (χ3n) is 3.52. The Labute approximate surface area is 136 Å². The van der Waals surface area contributed by atoms with Crippen LogP contribution in [-0.4, -0.2) is 23.4 Å². The van der Waals surface area contributed by atoms with E-state index in [1.54, 1.807) is 6.92 Å². The molecule has 0 aromatic heterocycles. The summed E-state index contributed by atoms with van der Waals surface area (Å²) in [6, 6.07) is 18.2. The van der Waals surface area contributed by atoms with Crippen LogP contribution in [0.3, 0.4) is 0 Å². The molecule has 22 heavy (non-hydrogen) atoms. The Bertz CT molecular complexity index is 638. The van der Waals surface area contributed by atoms with Crippen molar-refractivity contribution in [1.29, 1.82) is 0 Å². The highest BCUT2D eigenvalue weighted by atomic mass is 32.1. The molecular formula is C18H20N2OS. The fourth-order valence-corrected chi connectivity index (χ4v) is 2.31. The van der Waals surface area contributed by atoms with Gasteiger partial charge in [-0.05, 0) is 30.0 Å². The molecule has 3 N–H and O–H groups in total. The van der Waals surface area contributed by atoms with Crippen molar-refractivity contribution in [1.82, 2.24) is 5.32 Å². The molecule has 114 valence electrons. The molecule has 3 nitrogen and oxygen atoms in total. The first kappa shape index (κ1) is 16.3. The Kier molecular flexibility index (Phi) is 5.81. The van der Waals surface area contributed by atoms with Gasteiger partial charge in [0, 0.05) is 11.4 Å². The Morgan fingerprint density at radius 1 is 1.09 bits per heavy atom. The van der Waals surface area contributed by atoms with Gasteiger partial charge in [0.2, 0.25) is 5.91 Å². The summed E-state index contributed by atoms with van der Waals surface area (Å²) in [6.45, 7) is 2.20. The fourth-order valence-electron chi connectivity index (χ4n) is 2.09. The standard InChI is InChI=1S/C18H20N2OS/c1-13(18(19)21)20-12-17(22)16-9-7-15(8-10-16)11-14-5-3-2-4-6-14/h2-10,13,20H,11-12H2,1H3,(H2,19,21)/t13-/m0/s1. The molecule has 0 aliphatic carbocycles. The molecule has 4 heteroatoms.